The van der Waals surface area contributed by atoms with Crippen LogP contribution in [0.3, 0.4) is 0 Å². The monoisotopic (exact) mass is 342 g/mol. The van der Waals surface area contributed by atoms with E-state index in [1.54, 1.807) is 18.2 Å². The van der Waals surface area contributed by atoms with E-state index < -0.39 is 5.82 Å². The maximum absolute atomic E-state index is 13.6. The van der Waals surface area contributed by atoms with Crippen molar-refractivity contribution in [2.75, 3.05) is 5.32 Å². The second-order valence-electron chi connectivity index (χ2n) is 4.46. The number of halogens is 4. The first kappa shape index (κ1) is 15.9. The summed E-state index contributed by atoms with van der Waals surface area (Å²) >= 11 is 17.8. The van der Waals surface area contributed by atoms with Crippen molar-refractivity contribution in [3.05, 3.63) is 62.3 Å². The molecule has 0 bridgehead atoms. The predicted molar refractivity (Wildman–Crippen MR) is 84.6 cm³/mol. The van der Waals surface area contributed by atoms with Crippen LogP contribution >= 0.6 is 34.8 Å². The molecule has 0 aromatic heterocycles. The van der Waals surface area contributed by atoms with Crippen molar-refractivity contribution in [2.45, 2.75) is 13.0 Å². The van der Waals surface area contributed by atoms with E-state index in [1.807, 2.05) is 13.0 Å². The van der Waals surface area contributed by atoms with Crippen molar-refractivity contribution in [2.24, 2.45) is 0 Å². The van der Waals surface area contributed by atoms with Crippen molar-refractivity contribution in [3.8, 4) is 6.07 Å². The SMILES string of the molecule is CC(Nc1cc(C#N)ccc1Cl)c1cc(F)c(Cl)cc1Cl. The molecule has 108 valence electrons. The average molecular weight is 344 g/mol. The van der Waals surface area contributed by atoms with Crippen LogP contribution in [0.25, 0.3) is 0 Å². The first-order chi connectivity index (χ1) is 9.92. The Balaban J connectivity index is 2.32. The molecule has 0 radical (unpaired) electrons. The zero-order valence-corrected chi connectivity index (χ0v) is 13.2. The summed E-state index contributed by atoms with van der Waals surface area (Å²) in [6.07, 6.45) is 0. The van der Waals surface area contributed by atoms with Gasteiger partial charge in [-0.25, -0.2) is 4.39 Å². The minimum atomic E-state index is -0.540. The van der Waals surface area contributed by atoms with E-state index in [1.165, 1.54) is 12.1 Å². The summed E-state index contributed by atoms with van der Waals surface area (Å²) in [5.74, 6) is -0.540. The van der Waals surface area contributed by atoms with Crippen molar-refractivity contribution >= 4 is 40.5 Å². The van der Waals surface area contributed by atoms with Gasteiger partial charge in [-0.2, -0.15) is 5.26 Å². The Bertz CT molecular complexity index is 726. The molecular weight excluding hydrogens is 334 g/mol. The summed E-state index contributed by atoms with van der Waals surface area (Å²) in [4.78, 5) is 0. The quantitative estimate of drug-likeness (QED) is 0.712. The molecule has 0 saturated heterocycles. The van der Waals surface area contributed by atoms with Crippen molar-refractivity contribution < 1.29 is 4.39 Å². The lowest BCUT2D eigenvalue weighted by Crippen LogP contribution is -2.08. The van der Waals surface area contributed by atoms with E-state index >= 15 is 0 Å². The molecule has 2 nitrogen and oxygen atoms in total. The van der Waals surface area contributed by atoms with Crippen LogP contribution in [0.5, 0.6) is 0 Å². The molecule has 0 spiro atoms. The number of rotatable bonds is 3. The molecule has 0 aliphatic heterocycles. The predicted octanol–water partition coefficient (Wildman–Crippen LogP) is 5.83. The van der Waals surface area contributed by atoms with Crippen LogP contribution < -0.4 is 5.32 Å². The summed E-state index contributed by atoms with van der Waals surface area (Å²) in [6, 6.07) is 9.23. The Labute approximate surface area is 137 Å². The molecule has 0 amide bonds. The van der Waals surface area contributed by atoms with Gasteiger partial charge in [0.15, 0.2) is 0 Å². The van der Waals surface area contributed by atoms with Crippen LogP contribution in [0.4, 0.5) is 10.1 Å². The van der Waals surface area contributed by atoms with Crippen LogP contribution in [0.15, 0.2) is 30.3 Å². The molecule has 6 heteroatoms. The van der Waals surface area contributed by atoms with Gasteiger partial charge < -0.3 is 5.32 Å². The van der Waals surface area contributed by atoms with E-state index in [0.29, 0.717) is 26.9 Å². The fourth-order valence-electron chi connectivity index (χ4n) is 1.89. The maximum atomic E-state index is 13.6. The van der Waals surface area contributed by atoms with E-state index in [2.05, 4.69) is 5.32 Å². The third kappa shape index (κ3) is 3.59. The lowest BCUT2D eigenvalue weighted by molar-refractivity contribution is 0.624. The van der Waals surface area contributed by atoms with Gasteiger partial charge in [-0.1, -0.05) is 34.8 Å². The van der Waals surface area contributed by atoms with Gasteiger partial charge in [0.1, 0.15) is 5.82 Å². The lowest BCUT2D eigenvalue weighted by Gasteiger charge is -2.18. The minimum Gasteiger partial charge on any atom is -0.377 e. The number of nitrogens with one attached hydrogen (secondary N) is 1. The van der Waals surface area contributed by atoms with Gasteiger partial charge in [0, 0.05) is 5.02 Å². The van der Waals surface area contributed by atoms with Gasteiger partial charge in [-0.3, -0.25) is 0 Å². The minimum absolute atomic E-state index is 0.0274. The highest BCUT2D eigenvalue weighted by Gasteiger charge is 2.14. The first-order valence-corrected chi connectivity index (χ1v) is 7.16. The number of anilines is 1. The number of nitriles is 1. The highest BCUT2D eigenvalue weighted by atomic mass is 35.5. The van der Waals surface area contributed by atoms with Gasteiger partial charge in [0.2, 0.25) is 0 Å². The molecule has 2 aromatic carbocycles. The van der Waals surface area contributed by atoms with Crippen LogP contribution in [0.2, 0.25) is 15.1 Å². The van der Waals surface area contributed by atoms with Crippen molar-refractivity contribution in [1.82, 2.24) is 0 Å². The highest BCUT2D eigenvalue weighted by Crippen LogP contribution is 2.32. The molecular formula is C15H10Cl3FN2. The second kappa shape index (κ2) is 6.53. The van der Waals surface area contributed by atoms with Crippen LogP contribution in [0.1, 0.15) is 24.1 Å². The number of nitrogens with zero attached hydrogens (tertiary/aromatic N) is 1. The summed E-state index contributed by atoms with van der Waals surface area (Å²) in [5.41, 5.74) is 1.61. The fraction of sp³-hybridized carbons (Fsp3) is 0.133. The van der Waals surface area contributed by atoms with Gasteiger partial charge in [-0.15, -0.1) is 0 Å². The molecule has 21 heavy (non-hydrogen) atoms. The van der Waals surface area contributed by atoms with Gasteiger partial charge in [0.05, 0.1) is 33.4 Å². The first-order valence-electron chi connectivity index (χ1n) is 6.03. The van der Waals surface area contributed by atoms with E-state index in [9.17, 15) is 4.39 Å². The lowest BCUT2D eigenvalue weighted by atomic mass is 10.1. The third-order valence-electron chi connectivity index (χ3n) is 2.97. The Morgan fingerprint density at radius 1 is 1.10 bits per heavy atom. The topological polar surface area (TPSA) is 35.8 Å². The van der Waals surface area contributed by atoms with Crippen LogP contribution in [-0.4, -0.2) is 0 Å². The molecule has 1 N–H and O–H groups in total. The number of benzene rings is 2. The van der Waals surface area contributed by atoms with Crippen molar-refractivity contribution in [3.63, 3.8) is 0 Å². The zero-order valence-electron chi connectivity index (χ0n) is 10.9. The fourth-order valence-corrected chi connectivity index (χ4v) is 2.61. The Kier molecular flexibility index (Phi) is 4.95. The van der Waals surface area contributed by atoms with Gasteiger partial charge in [-0.05, 0) is 42.8 Å². The Morgan fingerprint density at radius 3 is 2.48 bits per heavy atom. The summed E-state index contributed by atoms with van der Waals surface area (Å²) in [5, 5.41) is 12.8. The van der Waals surface area contributed by atoms with Crippen LogP contribution in [-0.2, 0) is 0 Å². The average Bonchev–Trinajstić information content (AvgIpc) is 2.45. The Morgan fingerprint density at radius 2 is 1.81 bits per heavy atom. The summed E-state index contributed by atoms with van der Waals surface area (Å²) in [7, 11) is 0. The molecule has 0 aliphatic rings. The molecule has 0 heterocycles. The number of hydrogen-bond donors (Lipinski definition) is 1. The van der Waals surface area contributed by atoms with E-state index in [0.717, 1.165) is 0 Å². The molecule has 0 saturated carbocycles. The summed E-state index contributed by atoms with van der Waals surface area (Å²) in [6.45, 7) is 1.81. The molecule has 0 fully saturated rings. The van der Waals surface area contributed by atoms with Gasteiger partial charge >= 0.3 is 0 Å². The molecule has 1 atom stereocenters. The standard InChI is InChI=1S/C15H10Cl3FN2/c1-8(10-5-14(19)13(18)6-12(10)17)21-15-4-9(7-20)2-3-11(15)16/h2-6,8,21H,1H3. The smallest absolute Gasteiger partial charge is 0.142 e. The normalized spacial score (nSPS) is 11.8. The number of hydrogen-bond acceptors (Lipinski definition) is 2. The highest BCUT2D eigenvalue weighted by molar-refractivity contribution is 6.35. The van der Waals surface area contributed by atoms with E-state index in [4.69, 9.17) is 40.1 Å². The maximum Gasteiger partial charge on any atom is 0.142 e. The second-order valence-corrected chi connectivity index (χ2v) is 5.68. The Hall–Kier alpha value is -1.47. The third-order valence-corrected chi connectivity index (χ3v) is 3.92. The van der Waals surface area contributed by atoms with Crippen molar-refractivity contribution in [1.29, 1.82) is 5.26 Å². The van der Waals surface area contributed by atoms with Gasteiger partial charge in [0.25, 0.3) is 0 Å². The zero-order chi connectivity index (χ0) is 15.6. The molecule has 2 aromatic rings. The van der Waals surface area contributed by atoms with E-state index in [-0.39, 0.29) is 11.1 Å². The summed E-state index contributed by atoms with van der Waals surface area (Å²) < 4.78 is 13.6. The molecule has 1 unspecified atom stereocenters. The molecule has 0 aliphatic carbocycles. The van der Waals surface area contributed by atoms with Crippen LogP contribution in [0, 0.1) is 17.1 Å². The largest absolute Gasteiger partial charge is 0.377 e. The molecule has 2 rings (SSSR count).